The first kappa shape index (κ1) is 23.0. The lowest BCUT2D eigenvalue weighted by Gasteiger charge is -2.50. The molecule has 2 bridgehead atoms. The Labute approximate surface area is 201 Å². The first-order valence-corrected chi connectivity index (χ1v) is 12.4. The molecular weight excluding hydrogens is 464 g/mol. The van der Waals surface area contributed by atoms with Gasteiger partial charge in [-0.15, -0.1) is 13.2 Å². The third-order valence-corrected chi connectivity index (χ3v) is 8.33. The van der Waals surface area contributed by atoms with Crippen molar-refractivity contribution in [2.45, 2.75) is 56.0 Å². The molecule has 7 rings (SSSR count). The number of hydrogen-bond donors (Lipinski definition) is 1. The monoisotopic (exact) mass is 494 g/mol. The number of anilines is 1. The number of rotatable bonds is 7. The summed E-state index contributed by atoms with van der Waals surface area (Å²) in [6.45, 7) is 4.00. The molecule has 2 N–H and O–H groups in total. The average molecular weight is 495 g/mol. The number of hydrogen-bond acceptors (Lipinski definition) is 6. The Bertz CT molecular complexity index is 1090. The van der Waals surface area contributed by atoms with Gasteiger partial charge in [0.25, 0.3) is 0 Å². The Kier molecular flexibility index (Phi) is 5.48. The van der Waals surface area contributed by atoms with Crippen molar-refractivity contribution in [3.05, 3.63) is 24.3 Å². The highest BCUT2D eigenvalue weighted by Gasteiger charge is 2.60. The van der Waals surface area contributed by atoms with Gasteiger partial charge < -0.3 is 15.0 Å². The van der Waals surface area contributed by atoms with E-state index in [1.54, 1.807) is 0 Å². The van der Waals surface area contributed by atoms with Gasteiger partial charge in [0.1, 0.15) is 12.5 Å². The number of ether oxygens (including phenoxy) is 1. The summed E-state index contributed by atoms with van der Waals surface area (Å²) < 4.78 is 57.5. The van der Waals surface area contributed by atoms with Gasteiger partial charge in [0, 0.05) is 68.2 Å². The summed E-state index contributed by atoms with van der Waals surface area (Å²) >= 11 is 0. The van der Waals surface area contributed by atoms with Gasteiger partial charge in [0.2, 0.25) is 0 Å². The maximum atomic E-state index is 12.8. The summed E-state index contributed by atoms with van der Waals surface area (Å²) in [4.78, 5) is 13.6. The molecule has 3 heterocycles. The van der Waals surface area contributed by atoms with Crippen LogP contribution in [-0.2, 0) is 0 Å². The molecule has 0 radical (unpaired) electrons. The molecule has 35 heavy (non-hydrogen) atoms. The van der Waals surface area contributed by atoms with E-state index in [0.29, 0.717) is 35.7 Å². The van der Waals surface area contributed by atoms with E-state index in [2.05, 4.69) is 24.1 Å². The van der Waals surface area contributed by atoms with Crippen LogP contribution in [0.25, 0.3) is 11.3 Å². The average Bonchev–Trinajstić information content (AvgIpc) is 3.26. The summed E-state index contributed by atoms with van der Waals surface area (Å²) in [5, 5.41) is 0. The first-order chi connectivity index (χ1) is 16.7. The molecule has 0 amide bonds. The van der Waals surface area contributed by atoms with Crippen LogP contribution in [0.5, 0.6) is 5.75 Å². The van der Waals surface area contributed by atoms with Crippen molar-refractivity contribution >= 4 is 5.82 Å². The van der Waals surface area contributed by atoms with Crippen molar-refractivity contribution < 1.29 is 22.3 Å². The second-order valence-corrected chi connectivity index (χ2v) is 10.5. The molecule has 1 saturated heterocycles. The van der Waals surface area contributed by atoms with E-state index >= 15 is 0 Å². The van der Waals surface area contributed by atoms with Gasteiger partial charge in [-0.05, 0) is 44.1 Å². The molecule has 2 aromatic rings. The minimum absolute atomic E-state index is 0.207. The molecule has 1 atom stereocenters. The molecular formula is C24H30F4N6O. The molecule has 0 aromatic carbocycles. The van der Waals surface area contributed by atoms with Crippen LogP contribution in [0.4, 0.5) is 23.4 Å². The molecule has 11 heteroatoms. The number of nitrogen functional groups attached to an aromatic ring is 1. The molecule has 4 saturated carbocycles. The minimum atomic E-state index is -4.84. The minimum Gasteiger partial charge on any atom is -0.402 e. The third-order valence-electron chi connectivity index (χ3n) is 8.33. The van der Waals surface area contributed by atoms with Gasteiger partial charge in [-0.2, -0.15) is 0 Å². The molecule has 5 fully saturated rings. The predicted molar refractivity (Wildman–Crippen MR) is 122 cm³/mol. The summed E-state index contributed by atoms with van der Waals surface area (Å²) in [5.41, 5.74) is 6.88. The van der Waals surface area contributed by atoms with Crippen molar-refractivity contribution in [1.29, 1.82) is 0 Å². The number of halogens is 4. The van der Waals surface area contributed by atoms with Gasteiger partial charge >= 0.3 is 6.36 Å². The number of nitrogens with two attached hydrogens (primary N) is 1. The Morgan fingerprint density at radius 3 is 2.51 bits per heavy atom. The van der Waals surface area contributed by atoms with Gasteiger partial charge in [-0.25, -0.2) is 14.4 Å². The third kappa shape index (κ3) is 4.26. The summed E-state index contributed by atoms with van der Waals surface area (Å²) in [6.07, 6.45) is 4.13. The highest BCUT2D eigenvalue weighted by Crippen LogP contribution is 2.61. The molecule has 7 nitrogen and oxygen atoms in total. The molecule has 5 aliphatic rings. The van der Waals surface area contributed by atoms with Crippen LogP contribution in [-0.4, -0.2) is 75.6 Å². The van der Waals surface area contributed by atoms with E-state index in [0.717, 1.165) is 64.1 Å². The topological polar surface area (TPSA) is 72.4 Å². The predicted octanol–water partition coefficient (Wildman–Crippen LogP) is 3.98. The SMILES string of the molecule is Nc1ncc(-c2cn(C3CC4(N5CCN(CCF)CC5)CC3C4)c(C3CC3)n2)cc1OC(F)(F)F. The van der Waals surface area contributed by atoms with Crippen LogP contribution in [0, 0.1) is 5.92 Å². The zero-order valence-corrected chi connectivity index (χ0v) is 19.5. The van der Waals surface area contributed by atoms with Crippen molar-refractivity contribution in [1.82, 2.24) is 24.3 Å². The standard InChI is InChI=1S/C24H30F4N6O/c25-3-4-32-5-7-33(8-6-32)23-10-17(11-23)19(12-23)34-14-18(31-22(34)15-1-2-15)16-9-20(21(29)30-13-16)35-24(26,27)28/h9,13-15,17,19H,1-8,10-12H2,(H2,29,30). The molecule has 4 aliphatic carbocycles. The first-order valence-electron chi connectivity index (χ1n) is 12.4. The largest absolute Gasteiger partial charge is 0.573 e. The molecule has 1 unspecified atom stereocenters. The number of alkyl halides is 4. The van der Waals surface area contributed by atoms with Gasteiger partial charge in [0.05, 0.1) is 5.69 Å². The van der Waals surface area contributed by atoms with Gasteiger partial charge in [-0.3, -0.25) is 9.80 Å². The Morgan fingerprint density at radius 2 is 1.86 bits per heavy atom. The van der Waals surface area contributed by atoms with E-state index < -0.39 is 12.1 Å². The second kappa shape index (κ2) is 8.33. The van der Waals surface area contributed by atoms with E-state index in [4.69, 9.17) is 10.7 Å². The van der Waals surface area contributed by atoms with Crippen molar-refractivity contribution in [2.75, 3.05) is 45.1 Å². The van der Waals surface area contributed by atoms with Crippen LogP contribution >= 0.6 is 0 Å². The summed E-state index contributed by atoms with van der Waals surface area (Å²) in [7, 11) is 0. The number of pyridine rings is 1. The smallest absolute Gasteiger partial charge is 0.402 e. The number of fused-ring (bicyclic) bond motifs is 1. The van der Waals surface area contributed by atoms with Gasteiger partial charge in [-0.1, -0.05) is 0 Å². The normalized spacial score (nSPS) is 29.4. The van der Waals surface area contributed by atoms with Crippen LogP contribution < -0.4 is 10.5 Å². The van der Waals surface area contributed by atoms with E-state index in [-0.39, 0.29) is 18.0 Å². The Hall–Kier alpha value is -2.40. The number of piperazine rings is 1. The van der Waals surface area contributed by atoms with E-state index in [9.17, 15) is 17.6 Å². The van der Waals surface area contributed by atoms with Gasteiger partial charge in [0.15, 0.2) is 11.6 Å². The molecule has 1 aliphatic heterocycles. The van der Waals surface area contributed by atoms with Crippen LogP contribution in [0.1, 0.15) is 49.9 Å². The van der Waals surface area contributed by atoms with Crippen molar-refractivity contribution in [3.63, 3.8) is 0 Å². The number of aromatic nitrogens is 3. The maximum absolute atomic E-state index is 12.8. The maximum Gasteiger partial charge on any atom is 0.573 e. The van der Waals surface area contributed by atoms with Crippen LogP contribution in [0.3, 0.4) is 0 Å². The molecule has 0 spiro atoms. The fourth-order valence-corrected chi connectivity index (χ4v) is 6.45. The molecule has 190 valence electrons. The van der Waals surface area contributed by atoms with Crippen molar-refractivity contribution in [3.8, 4) is 17.0 Å². The zero-order chi connectivity index (χ0) is 24.4. The van der Waals surface area contributed by atoms with Crippen LogP contribution in [0.2, 0.25) is 0 Å². The zero-order valence-electron chi connectivity index (χ0n) is 19.5. The lowest BCUT2D eigenvalue weighted by molar-refractivity contribution is -0.274. The second-order valence-electron chi connectivity index (χ2n) is 10.5. The van der Waals surface area contributed by atoms with E-state index in [1.165, 1.54) is 12.3 Å². The Morgan fingerprint density at radius 1 is 1.11 bits per heavy atom. The summed E-state index contributed by atoms with van der Waals surface area (Å²) in [6, 6.07) is 1.61. The number of imidazole rings is 1. The highest BCUT2D eigenvalue weighted by atomic mass is 19.4. The van der Waals surface area contributed by atoms with Crippen molar-refractivity contribution in [2.24, 2.45) is 5.92 Å². The Balaban J connectivity index is 1.23. The lowest BCUT2D eigenvalue weighted by Crippen LogP contribution is -2.59. The van der Waals surface area contributed by atoms with E-state index in [1.807, 2.05) is 6.20 Å². The highest BCUT2D eigenvalue weighted by molar-refractivity contribution is 5.64. The van der Waals surface area contributed by atoms with Crippen LogP contribution in [0.15, 0.2) is 18.5 Å². The lowest BCUT2D eigenvalue weighted by atomic mass is 9.75. The fourth-order valence-electron chi connectivity index (χ4n) is 6.45. The number of nitrogens with zero attached hydrogens (tertiary/aromatic N) is 5. The molecule has 2 aromatic heterocycles. The summed E-state index contributed by atoms with van der Waals surface area (Å²) in [5.74, 6) is 1.18. The quantitative estimate of drug-likeness (QED) is 0.587. The fraction of sp³-hybridized carbons (Fsp3) is 0.667.